The Morgan fingerprint density at radius 3 is 2.19 bits per heavy atom. The third-order valence-electron chi connectivity index (χ3n) is 4.96. The van der Waals surface area contributed by atoms with Gasteiger partial charge in [-0.15, -0.1) is 0 Å². The Hall–Kier alpha value is -2.68. The fraction of sp³-hybridized carbons (Fsp3) is 0.409. The highest BCUT2D eigenvalue weighted by molar-refractivity contribution is 5.78. The Balaban J connectivity index is 1.45. The number of amides is 1. The molecule has 0 radical (unpaired) electrons. The molecule has 0 aromatic heterocycles. The molecule has 0 atom stereocenters. The zero-order chi connectivity index (χ0) is 22.4. The van der Waals surface area contributed by atoms with Gasteiger partial charge >= 0.3 is 12.8 Å². The molecule has 31 heavy (non-hydrogen) atoms. The van der Waals surface area contributed by atoms with Gasteiger partial charge in [-0.3, -0.25) is 9.69 Å². The first-order valence-corrected chi connectivity index (χ1v) is 9.91. The summed E-state index contributed by atoms with van der Waals surface area (Å²) in [6.45, 7) is -1.93. The quantitative estimate of drug-likeness (QED) is 0.546. The Bertz CT molecular complexity index is 850. The first-order chi connectivity index (χ1) is 14.7. The van der Waals surface area contributed by atoms with Crippen molar-refractivity contribution in [2.75, 3.05) is 13.1 Å². The van der Waals surface area contributed by atoms with Crippen LogP contribution in [0.5, 0.6) is 5.75 Å². The molecule has 0 aliphatic heterocycles. The normalized spacial score (nSPS) is 14.2. The van der Waals surface area contributed by atoms with Crippen LogP contribution >= 0.6 is 0 Å². The second kappa shape index (κ2) is 10.1. The lowest BCUT2D eigenvalue weighted by Crippen LogP contribution is -2.38. The van der Waals surface area contributed by atoms with E-state index in [0.717, 1.165) is 36.1 Å². The van der Waals surface area contributed by atoms with E-state index >= 15 is 0 Å². The summed E-state index contributed by atoms with van der Waals surface area (Å²) in [5.74, 6) is -0.0948. The summed E-state index contributed by atoms with van der Waals surface area (Å²) in [7, 11) is 0. The molecule has 1 N–H and O–H groups in total. The topological polar surface area (TPSA) is 41.6 Å². The molecule has 0 bridgehead atoms. The van der Waals surface area contributed by atoms with Crippen LogP contribution in [0.4, 0.5) is 22.0 Å². The molecule has 168 valence electrons. The van der Waals surface area contributed by atoms with Crippen LogP contribution in [0.2, 0.25) is 0 Å². The van der Waals surface area contributed by atoms with E-state index in [1.165, 1.54) is 24.3 Å². The molecule has 4 nitrogen and oxygen atoms in total. The molecule has 0 unspecified atom stereocenters. The largest absolute Gasteiger partial charge is 0.435 e. The first kappa shape index (κ1) is 23.0. The van der Waals surface area contributed by atoms with Crippen molar-refractivity contribution in [3.05, 3.63) is 65.2 Å². The summed E-state index contributed by atoms with van der Waals surface area (Å²) >= 11 is 0. The van der Waals surface area contributed by atoms with Gasteiger partial charge in [0.2, 0.25) is 5.91 Å². The number of carbonyl (C=O) groups excluding carboxylic acids is 1. The highest BCUT2D eigenvalue weighted by Gasteiger charge is 2.32. The maximum Gasteiger partial charge on any atom is 0.416 e. The van der Waals surface area contributed by atoms with Crippen LogP contribution in [0.3, 0.4) is 0 Å². The van der Waals surface area contributed by atoms with E-state index in [1.54, 1.807) is 12.1 Å². The first-order valence-electron chi connectivity index (χ1n) is 9.91. The fourth-order valence-corrected chi connectivity index (χ4v) is 3.21. The minimum absolute atomic E-state index is 0.0751. The van der Waals surface area contributed by atoms with Crippen LogP contribution < -0.4 is 10.1 Å². The molecule has 3 rings (SSSR count). The Morgan fingerprint density at radius 1 is 1.03 bits per heavy atom. The van der Waals surface area contributed by atoms with E-state index in [9.17, 15) is 26.7 Å². The molecule has 9 heteroatoms. The van der Waals surface area contributed by atoms with Crippen LogP contribution in [0.1, 0.15) is 29.5 Å². The second-order valence-corrected chi connectivity index (χ2v) is 7.45. The molecule has 1 amide bonds. The van der Waals surface area contributed by atoms with Gasteiger partial charge in [0.1, 0.15) is 5.75 Å². The predicted molar refractivity (Wildman–Crippen MR) is 105 cm³/mol. The average Bonchev–Trinajstić information content (AvgIpc) is 3.53. The number of rotatable bonds is 10. The number of hydrogen-bond acceptors (Lipinski definition) is 3. The van der Waals surface area contributed by atoms with E-state index < -0.39 is 18.4 Å². The smallest absolute Gasteiger partial charge is 0.416 e. The molecule has 1 fully saturated rings. The van der Waals surface area contributed by atoms with Gasteiger partial charge in [-0.25, -0.2) is 0 Å². The van der Waals surface area contributed by atoms with Gasteiger partial charge < -0.3 is 10.1 Å². The highest BCUT2D eigenvalue weighted by atomic mass is 19.4. The van der Waals surface area contributed by atoms with Gasteiger partial charge in [-0.2, -0.15) is 22.0 Å². The van der Waals surface area contributed by atoms with Gasteiger partial charge in [0.25, 0.3) is 0 Å². The number of halogens is 5. The van der Waals surface area contributed by atoms with Crippen LogP contribution in [0, 0.1) is 0 Å². The van der Waals surface area contributed by atoms with Gasteiger partial charge in [0, 0.05) is 19.1 Å². The number of nitrogens with one attached hydrogen (secondary N) is 1. The average molecular weight is 442 g/mol. The van der Waals surface area contributed by atoms with E-state index in [4.69, 9.17) is 0 Å². The molecule has 2 aromatic carbocycles. The summed E-state index contributed by atoms with van der Waals surface area (Å²) in [4.78, 5) is 14.3. The van der Waals surface area contributed by atoms with Gasteiger partial charge in [0.15, 0.2) is 0 Å². The minimum atomic E-state index is -4.37. The zero-order valence-electron chi connectivity index (χ0n) is 16.7. The van der Waals surface area contributed by atoms with Crippen molar-refractivity contribution in [3.8, 4) is 5.75 Å². The molecular formula is C22H23F5N2O2. The van der Waals surface area contributed by atoms with Crippen LogP contribution in [0.15, 0.2) is 48.5 Å². The monoisotopic (exact) mass is 442 g/mol. The van der Waals surface area contributed by atoms with Crippen molar-refractivity contribution in [2.24, 2.45) is 0 Å². The second-order valence-electron chi connectivity index (χ2n) is 7.45. The fourth-order valence-electron chi connectivity index (χ4n) is 3.21. The van der Waals surface area contributed by atoms with Crippen molar-refractivity contribution in [1.29, 1.82) is 0 Å². The molecule has 1 aliphatic carbocycles. The predicted octanol–water partition coefficient (Wildman–Crippen LogP) is 4.63. The molecule has 2 aromatic rings. The molecule has 0 saturated heterocycles. The van der Waals surface area contributed by atoms with Gasteiger partial charge in [-0.1, -0.05) is 24.3 Å². The number of alkyl halides is 5. The summed E-state index contributed by atoms with van der Waals surface area (Å²) in [6.07, 6.45) is -1.92. The maximum atomic E-state index is 12.7. The standard InChI is InChI=1S/C22H23F5N2O2/c23-21(24)31-19-9-3-15(4-10-19)11-12-28-20(30)14-29(18-7-8-18)13-16-1-5-17(6-2-16)22(25,26)27/h1-6,9-10,18,21H,7-8,11-14H2,(H,28,30). The number of carbonyl (C=O) groups is 1. The minimum Gasteiger partial charge on any atom is -0.435 e. The van der Waals surface area contributed by atoms with E-state index in [1.807, 2.05) is 4.90 Å². The molecule has 0 spiro atoms. The van der Waals surface area contributed by atoms with Gasteiger partial charge in [-0.05, 0) is 54.7 Å². The lowest BCUT2D eigenvalue weighted by molar-refractivity contribution is -0.137. The Morgan fingerprint density at radius 2 is 1.65 bits per heavy atom. The molecule has 0 heterocycles. The molecule has 1 aliphatic rings. The van der Waals surface area contributed by atoms with E-state index in [0.29, 0.717) is 19.5 Å². The summed E-state index contributed by atoms with van der Waals surface area (Å²) in [6, 6.07) is 11.5. The number of benzene rings is 2. The zero-order valence-corrected chi connectivity index (χ0v) is 16.7. The highest BCUT2D eigenvalue weighted by Crippen LogP contribution is 2.31. The number of nitrogens with zero attached hydrogens (tertiary/aromatic N) is 1. The van der Waals surface area contributed by atoms with E-state index in [-0.39, 0.29) is 24.2 Å². The van der Waals surface area contributed by atoms with Crippen LogP contribution in [-0.4, -0.2) is 36.5 Å². The third-order valence-corrected chi connectivity index (χ3v) is 4.96. The Labute approximate surface area is 177 Å². The van der Waals surface area contributed by atoms with Crippen molar-refractivity contribution >= 4 is 5.91 Å². The van der Waals surface area contributed by atoms with Crippen molar-refractivity contribution in [3.63, 3.8) is 0 Å². The SMILES string of the molecule is O=C(CN(Cc1ccc(C(F)(F)F)cc1)C1CC1)NCCc1ccc(OC(F)F)cc1. The van der Waals surface area contributed by atoms with E-state index in [2.05, 4.69) is 10.1 Å². The van der Waals surface area contributed by atoms with Crippen molar-refractivity contribution in [2.45, 2.75) is 44.6 Å². The summed E-state index contributed by atoms with van der Waals surface area (Å²) in [5, 5.41) is 2.83. The van der Waals surface area contributed by atoms with Crippen LogP contribution in [0.25, 0.3) is 0 Å². The molecular weight excluding hydrogens is 419 g/mol. The van der Waals surface area contributed by atoms with Gasteiger partial charge in [0.05, 0.1) is 12.1 Å². The maximum absolute atomic E-state index is 12.7. The Kier molecular flexibility index (Phi) is 7.48. The number of ether oxygens (including phenoxy) is 1. The molecule has 1 saturated carbocycles. The lowest BCUT2D eigenvalue weighted by Gasteiger charge is -2.22. The van der Waals surface area contributed by atoms with Crippen LogP contribution in [-0.2, 0) is 23.9 Å². The lowest BCUT2D eigenvalue weighted by atomic mass is 10.1. The number of hydrogen-bond donors (Lipinski definition) is 1. The third kappa shape index (κ3) is 7.50. The van der Waals surface area contributed by atoms with Crippen molar-refractivity contribution < 1.29 is 31.5 Å². The van der Waals surface area contributed by atoms with Crippen molar-refractivity contribution in [1.82, 2.24) is 10.2 Å². The summed E-state index contributed by atoms with van der Waals surface area (Å²) in [5.41, 5.74) is 0.894. The summed E-state index contributed by atoms with van der Waals surface area (Å²) < 4.78 is 66.7.